The van der Waals surface area contributed by atoms with Crippen LogP contribution in [0, 0.1) is 5.92 Å². The lowest BCUT2D eigenvalue weighted by atomic mass is 9.91. The third-order valence-electron chi connectivity index (χ3n) is 7.34. The number of nitrogens with zero attached hydrogens (tertiary/aromatic N) is 3. The Morgan fingerprint density at radius 2 is 1.66 bits per heavy atom. The smallest absolute Gasteiger partial charge is 0.338 e. The van der Waals surface area contributed by atoms with Crippen LogP contribution in [0.15, 0.2) is 76.3 Å². The number of halogens is 1. The van der Waals surface area contributed by atoms with Crippen molar-refractivity contribution in [2.45, 2.75) is 39.2 Å². The van der Waals surface area contributed by atoms with Crippen LogP contribution in [0.4, 0.5) is 0 Å². The largest absolute Gasteiger partial charge is 0.466 e. The van der Waals surface area contributed by atoms with Gasteiger partial charge >= 0.3 is 11.9 Å². The number of hydrogen-bond donors (Lipinski definition) is 0. The molecule has 0 aromatic heterocycles. The van der Waals surface area contributed by atoms with Gasteiger partial charge in [-0.1, -0.05) is 65.8 Å². The second kappa shape index (κ2) is 13.0. The van der Waals surface area contributed by atoms with Crippen LogP contribution in [0.25, 0.3) is 5.70 Å². The van der Waals surface area contributed by atoms with Gasteiger partial charge in [0.1, 0.15) is 0 Å². The number of ether oxygens (including phenoxy) is 2. The molecule has 3 aliphatic heterocycles. The molecule has 0 N–H and O–H groups in total. The fraction of sp³-hybridized carbons (Fsp3) is 0.355. The predicted octanol–water partition coefficient (Wildman–Crippen LogP) is 5.81. The Kier molecular flexibility index (Phi) is 9.15. The van der Waals surface area contributed by atoms with Crippen molar-refractivity contribution in [1.29, 1.82) is 0 Å². The van der Waals surface area contributed by atoms with Crippen LogP contribution in [-0.2, 0) is 23.9 Å². The van der Waals surface area contributed by atoms with Crippen LogP contribution in [-0.4, -0.2) is 59.1 Å². The monoisotopic (exact) mass is 593 g/mol. The van der Waals surface area contributed by atoms with Gasteiger partial charge in [-0.3, -0.25) is 9.59 Å². The Labute approximate surface area is 249 Å². The van der Waals surface area contributed by atoms with Gasteiger partial charge in [0.2, 0.25) is 5.91 Å². The van der Waals surface area contributed by atoms with E-state index >= 15 is 0 Å². The van der Waals surface area contributed by atoms with Crippen LogP contribution in [0.2, 0.25) is 5.02 Å². The molecule has 2 aromatic rings. The summed E-state index contributed by atoms with van der Waals surface area (Å²) in [6, 6.07) is 16.4. The number of amides is 1. The summed E-state index contributed by atoms with van der Waals surface area (Å²) in [5.74, 6) is -0.866. The first-order chi connectivity index (χ1) is 19.9. The molecule has 0 spiro atoms. The van der Waals surface area contributed by atoms with E-state index in [1.807, 2.05) is 52.8 Å². The SMILES string of the molecule is CCOC(=O)C1=C(c2ccccc2)N=C2SC=C(CC(=O)N3CCC(C(=O)OCC)CC3)N2[C@H]1c1ccc(Cl)cc1. The van der Waals surface area contributed by atoms with Crippen LogP contribution in [0.3, 0.4) is 0 Å². The zero-order valence-corrected chi connectivity index (χ0v) is 24.6. The van der Waals surface area contributed by atoms with Crippen molar-refractivity contribution in [3.8, 4) is 0 Å². The van der Waals surface area contributed by atoms with Crippen LogP contribution >= 0.6 is 23.4 Å². The Morgan fingerprint density at radius 1 is 0.976 bits per heavy atom. The molecule has 3 aliphatic rings. The van der Waals surface area contributed by atoms with Gasteiger partial charge in [-0.05, 0) is 49.8 Å². The number of rotatable bonds is 8. The van der Waals surface area contributed by atoms with E-state index in [0.29, 0.717) is 54.0 Å². The molecule has 214 valence electrons. The second-order valence-corrected chi connectivity index (χ2v) is 11.2. The number of hydrogen-bond acceptors (Lipinski definition) is 8. The van der Waals surface area contributed by atoms with Crippen molar-refractivity contribution < 1.29 is 23.9 Å². The summed E-state index contributed by atoms with van der Waals surface area (Å²) in [7, 11) is 0. The van der Waals surface area contributed by atoms with Crippen molar-refractivity contribution in [3.05, 3.63) is 87.4 Å². The average molecular weight is 594 g/mol. The molecule has 8 nitrogen and oxygen atoms in total. The maximum Gasteiger partial charge on any atom is 0.338 e. The summed E-state index contributed by atoms with van der Waals surface area (Å²) in [4.78, 5) is 47.9. The van der Waals surface area contributed by atoms with Crippen LogP contribution < -0.4 is 0 Å². The molecule has 3 heterocycles. The molecule has 0 radical (unpaired) electrons. The number of carbonyl (C=O) groups excluding carboxylic acids is 3. The van der Waals surface area contributed by atoms with E-state index in [4.69, 9.17) is 26.1 Å². The minimum atomic E-state index is -0.572. The van der Waals surface area contributed by atoms with Gasteiger partial charge < -0.3 is 19.3 Å². The number of aliphatic imine (C=N–C) groups is 1. The number of thioether (sulfide) groups is 1. The Morgan fingerprint density at radius 3 is 2.32 bits per heavy atom. The molecule has 5 rings (SSSR count). The summed E-state index contributed by atoms with van der Waals surface area (Å²) in [6.07, 6.45) is 1.30. The zero-order chi connectivity index (χ0) is 28.9. The first-order valence-electron chi connectivity index (χ1n) is 13.8. The standard InChI is InChI=1S/C31H32ClN3O5S/c1-3-39-29(37)22-14-16-34(17-15-22)25(36)18-24-19-41-31-33-27(20-8-6-5-7-9-20)26(30(38)40-4-2)28(35(24)31)21-10-12-23(32)13-11-21/h5-13,19,22,28H,3-4,14-18H2,1-2H3/t28-/m0/s1. The lowest BCUT2D eigenvalue weighted by Crippen LogP contribution is -2.42. The molecule has 1 atom stereocenters. The average Bonchev–Trinajstić information content (AvgIpc) is 3.39. The number of carbonyl (C=O) groups is 3. The number of likely N-dealkylation sites (tertiary alicyclic amines) is 1. The van der Waals surface area contributed by atoms with Crippen LogP contribution in [0.5, 0.6) is 0 Å². The minimum Gasteiger partial charge on any atom is -0.466 e. The van der Waals surface area contributed by atoms with E-state index in [1.165, 1.54) is 11.8 Å². The lowest BCUT2D eigenvalue weighted by molar-refractivity contribution is -0.151. The molecule has 1 amide bonds. The van der Waals surface area contributed by atoms with Gasteiger partial charge in [-0.25, -0.2) is 9.79 Å². The van der Waals surface area contributed by atoms with Gasteiger partial charge in [0, 0.05) is 29.4 Å². The molecular weight excluding hydrogens is 562 g/mol. The number of piperidine rings is 1. The topological polar surface area (TPSA) is 88.5 Å². The molecule has 0 saturated carbocycles. The Balaban J connectivity index is 1.46. The third kappa shape index (κ3) is 6.21. The van der Waals surface area contributed by atoms with Gasteiger partial charge in [0.15, 0.2) is 5.17 Å². The highest BCUT2D eigenvalue weighted by Gasteiger charge is 2.42. The number of fused-ring (bicyclic) bond motifs is 1. The normalized spacial score (nSPS) is 19.0. The summed E-state index contributed by atoms with van der Waals surface area (Å²) < 4.78 is 10.7. The highest BCUT2D eigenvalue weighted by Crippen LogP contribution is 2.47. The van der Waals surface area contributed by atoms with Crippen LogP contribution in [0.1, 0.15) is 50.3 Å². The first-order valence-corrected chi connectivity index (χ1v) is 15.1. The number of amidine groups is 1. The van der Waals surface area contributed by atoms with Crippen molar-refractivity contribution in [1.82, 2.24) is 9.80 Å². The molecule has 0 aliphatic carbocycles. The predicted molar refractivity (Wildman–Crippen MR) is 160 cm³/mol. The molecule has 1 saturated heterocycles. The van der Waals surface area contributed by atoms with Crippen molar-refractivity contribution >= 4 is 52.1 Å². The third-order valence-corrected chi connectivity index (χ3v) is 8.48. The maximum atomic E-state index is 13.6. The highest BCUT2D eigenvalue weighted by atomic mass is 35.5. The van der Waals surface area contributed by atoms with E-state index in [2.05, 4.69) is 0 Å². The van der Waals surface area contributed by atoms with Crippen molar-refractivity contribution in [3.63, 3.8) is 0 Å². The maximum absolute atomic E-state index is 13.6. The van der Waals surface area contributed by atoms with E-state index in [1.54, 1.807) is 30.9 Å². The van der Waals surface area contributed by atoms with E-state index < -0.39 is 12.0 Å². The molecule has 2 aromatic carbocycles. The van der Waals surface area contributed by atoms with E-state index in [0.717, 1.165) is 16.8 Å². The van der Waals surface area contributed by atoms with Crippen molar-refractivity contribution in [2.75, 3.05) is 26.3 Å². The van der Waals surface area contributed by atoms with E-state index in [9.17, 15) is 14.4 Å². The fourth-order valence-electron chi connectivity index (χ4n) is 5.34. The first kappa shape index (κ1) is 29.0. The summed E-state index contributed by atoms with van der Waals surface area (Å²) in [5.41, 5.74) is 3.33. The molecule has 1 fully saturated rings. The number of esters is 2. The molecule has 0 unspecified atom stereocenters. The summed E-state index contributed by atoms with van der Waals surface area (Å²) in [6.45, 7) is 5.13. The van der Waals surface area contributed by atoms with E-state index in [-0.39, 0.29) is 30.8 Å². The lowest BCUT2D eigenvalue weighted by Gasteiger charge is -2.37. The Bertz CT molecular complexity index is 1400. The Hall–Kier alpha value is -3.56. The second-order valence-electron chi connectivity index (χ2n) is 9.88. The molecule has 0 bridgehead atoms. The quantitative estimate of drug-likeness (QED) is 0.357. The van der Waals surface area contributed by atoms with Crippen molar-refractivity contribution in [2.24, 2.45) is 10.9 Å². The molecule has 10 heteroatoms. The molecular formula is C31H32ClN3O5S. The summed E-state index contributed by atoms with van der Waals surface area (Å²) in [5, 5.41) is 3.19. The van der Waals surface area contributed by atoms with Gasteiger partial charge in [0.05, 0.1) is 42.9 Å². The zero-order valence-electron chi connectivity index (χ0n) is 23.0. The van der Waals surface area contributed by atoms with Gasteiger partial charge in [-0.15, -0.1) is 0 Å². The van der Waals surface area contributed by atoms with Gasteiger partial charge in [-0.2, -0.15) is 0 Å². The highest BCUT2D eigenvalue weighted by molar-refractivity contribution is 8.16. The van der Waals surface area contributed by atoms with Gasteiger partial charge in [0.25, 0.3) is 0 Å². The summed E-state index contributed by atoms with van der Waals surface area (Å²) >= 11 is 7.66. The minimum absolute atomic E-state index is 0.0363. The fourth-order valence-corrected chi connectivity index (χ4v) is 6.38. The number of benzene rings is 2. The molecule has 41 heavy (non-hydrogen) atoms.